The van der Waals surface area contributed by atoms with E-state index in [0.717, 1.165) is 0 Å². The first-order valence-corrected chi connectivity index (χ1v) is 19.1. The first-order valence-electron chi connectivity index (χ1n) is 8.65. The van der Waals surface area contributed by atoms with Crippen molar-refractivity contribution >= 4 is 25.1 Å². The molecule has 0 fully saturated rings. The molecule has 0 aromatic carbocycles. The predicted molar refractivity (Wildman–Crippen MR) is 100 cm³/mol. The van der Waals surface area contributed by atoms with E-state index >= 15 is 0 Å². The van der Waals surface area contributed by atoms with E-state index in [1.807, 2.05) is 3.28 Å². The molecule has 134 valence electrons. The van der Waals surface area contributed by atoms with E-state index < -0.39 is 14.0 Å². The molecular formula is C17H33Cl3Si2Zr. The van der Waals surface area contributed by atoms with Gasteiger partial charge in [-0.15, -0.1) is 0 Å². The van der Waals surface area contributed by atoms with E-state index in [4.69, 9.17) is 11.1 Å². The van der Waals surface area contributed by atoms with Gasteiger partial charge in [-0.1, -0.05) is 0 Å². The maximum atomic E-state index is 6.51. The molecule has 0 aromatic rings. The van der Waals surface area contributed by atoms with Crippen molar-refractivity contribution in [1.82, 2.24) is 0 Å². The van der Waals surface area contributed by atoms with Crippen LogP contribution in [-0.4, -0.2) is 14.0 Å². The minimum atomic E-state index is -1.12. The average Bonchev–Trinajstić information content (AvgIpc) is 2.95. The largest absolute Gasteiger partial charge is 1.00 e. The number of hydrogen-bond donors (Lipinski definition) is 0. The summed E-state index contributed by atoms with van der Waals surface area (Å²) in [6.45, 7) is 10.0. The Balaban J connectivity index is 0. The second kappa shape index (κ2) is 13.8. The van der Waals surface area contributed by atoms with Crippen molar-refractivity contribution in [3.05, 3.63) is 21.5 Å². The van der Waals surface area contributed by atoms with Gasteiger partial charge in [-0.25, -0.2) is 0 Å². The minimum absolute atomic E-state index is 0. The summed E-state index contributed by atoms with van der Waals surface area (Å²) in [5, 5.41) is -1.12. The van der Waals surface area contributed by atoms with Crippen LogP contribution in [0.3, 0.4) is 0 Å². The van der Waals surface area contributed by atoms with Crippen molar-refractivity contribution < 1.29 is 47.2 Å². The Morgan fingerprint density at radius 2 is 1.78 bits per heavy atom. The zero-order chi connectivity index (χ0) is 15.8. The van der Waals surface area contributed by atoms with Crippen LogP contribution in [0.15, 0.2) is 21.5 Å². The Kier molecular flexibility index (Phi) is 16.2. The van der Waals surface area contributed by atoms with Crippen molar-refractivity contribution in [2.75, 3.05) is 0 Å². The Bertz CT molecular complexity index is 373. The Labute approximate surface area is 175 Å². The molecule has 1 unspecified atom stereocenters. The molecule has 1 rings (SSSR count). The summed E-state index contributed by atoms with van der Waals surface area (Å²) in [6, 6.07) is 1.55. The van der Waals surface area contributed by atoms with Gasteiger partial charge in [0.15, 0.2) is 0 Å². The molecule has 0 N–H and O–H groups in total. The fraction of sp³-hybridized carbons (Fsp3) is 0.765. The van der Waals surface area contributed by atoms with Crippen LogP contribution < -0.4 is 24.8 Å². The summed E-state index contributed by atoms with van der Waals surface area (Å²) in [5.74, 6) is 0. The SMILES string of the molecule is CCCCCCCC[Si](C)([Zr+2][C]1=CC=CC1)C(C)(C)[SiH2]Cl.[Cl-].[Cl-]. The van der Waals surface area contributed by atoms with Crippen LogP contribution in [0.4, 0.5) is 0 Å². The van der Waals surface area contributed by atoms with Crippen LogP contribution >= 0.6 is 11.1 Å². The Morgan fingerprint density at radius 3 is 2.30 bits per heavy atom. The number of allylic oxidation sites excluding steroid dienone is 4. The van der Waals surface area contributed by atoms with E-state index in [9.17, 15) is 0 Å². The Morgan fingerprint density at radius 1 is 1.17 bits per heavy atom. The summed E-state index contributed by atoms with van der Waals surface area (Å²) in [4.78, 5) is 0. The molecule has 0 amide bonds. The zero-order valence-corrected chi connectivity index (χ0v) is 22.4. The monoisotopic (exact) mass is 488 g/mol. The topological polar surface area (TPSA) is 0 Å². The molecule has 0 aromatic heterocycles. The third-order valence-corrected chi connectivity index (χ3v) is 33.3. The third-order valence-electron chi connectivity index (χ3n) is 5.07. The van der Waals surface area contributed by atoms with Crippen LogP contribution in [0.5, 0.6) is 0 Å². The molecule has 0 aliphatic heterocycles. The number of hydrogen-bond acceptors (Lipinski definition) is 0. The maximum Gasteiger partial charge on any atom is -1.00 e. The van der Waals surface area contributed by atoms with Crippen LogP contribution in [-0.2, 0) is 22.4 Å². The molecule has 0 heterocycles. The summed E-state index contributed by atoms with van der Waals surface area (Å²) in [5.41, 5.74) is 0. The van der Waals surface area contributed by atoms with Gasteiger partial charge in [0.25, 0.3) is 0 Å². The second-order valence-corrected chi connectivity index (χ2v) is 27.2. The fourth-order valence-corrected chi connectivity index (χ4v) is 28.1. The first kappa shape index (κ1) is 26.9. The molecule has 0 saturated carbocycles. The smallest absolute Gasteiger partial charge is 1.00 e. The van der Waals surface area contributed by atoms with E-state index in [2.05, 4.69) is 45.5 Å². The maximum absolute atomic E-state index is 6.51. The standard InChI is InChI=1S/C12H28ClSi2.C5H5.2ClH.Zr/c1-5-6-7-8-9-10-11-15(4)12(2,3)14-13;1-2-4-5-3-1;;;/h5-11,14H2,1-4H3;1-3H,4H2;2*1H;/q;;;;+2/p-2. The van der Waals surface area contributed by atoms with Gasteiger partial charge in [0.05, 0.1) is 0 Å². The third kappa shape index (κ3) is 9.24. The number of unbranched alkanes of at least 4 members (excludes halogenated alkanes) is 5. The molecule has 1 aliphatic carbocycles. The van der Waals surface area contributed by atoms with E-state index in [1.165, 1.54) is 44.9 Å². The van der Waals surface area contributed by atoms with Gasteiger partial charge in [-0.05, 0) is 0 Å². The summed E-state index contributed by atoms with van der Waals surface area (Å²) >= 11 is 6.12. The van der Waals surface area contributed by atoms with Crippen molar-refractivity contribution in [3.63, 3.8) is 0 Å². The van der Waals surface area contributed by atoms with Gasteiger partial charge < -0.3 is 24.8 Å². The van der Waals surface area contributed by atoms with Gasteiger partial charge in [-0.2, -0.15) is 0 Å². The molecule has 1 atom stereocenters. The molecule has 0 spiro atoms. The molecule has 0 saturated heterocycles. The Hall–Kier alpha value is 1.67. The van der Waals surface area contributed by atoms with Crippen molar-refractivity contribution in [1.29, 1.82) is 0 Å². The predicted octanol–water partition coefficient (Wildman–Crippen LogP) is -0.0832. The van der Waals surface area contributed by atoms with E-state index in [1.54, 1.807) is 6.04 Å². The molecule has 0 radical (unpaired) electrons. The molecule has 1 aliphatic rings. The quantitative estimate of drug-likeness (QED) is 0.216. The molecule has 0 nitrogen and oxygen atoms in total. The molecule has 23 heavy (non-hydrogen) atoms. The molecule has 6 heteroatoms. The molecule has 0 bridgehead atoms. The van der Waals surface area contributed by atoms with Crippen LogP contribution in [0.25, 0.3) is 0 Å². The van der Waals surface area contributed by atoms with Crippen LogP contribution in [0.1, 0.15) is 65.7 Å². The van der Waals surface area contributed by atoms with Crippen LogP contribution in [0.2, 0.25) is 17.3 Å². The molecular weight excluding hydrogens is 458 g/mol. The number of rotatable bonds is 11. The van der Waals surface area contributed by atoms with E-state index in [0.29, 0.717) is 4.66 Å². The summed E-state index contributed by atoms with van der Waals surface area (Å²) in [6.07, 6.45) is 16.9. The van der Waals surface area contributed by atoms with Crippen molar-refractivity contribution in [2.24, 2.45) is 0 Å². The zero-order valence-electron chi connectivity index (χ0n) is 15.2. The van der Waals surface area contributed by atoms with Gasteiger partial charge in [-0.3, -0.25) is 0 Å². The summed E-state index contributed by atoms with van der Waals surface area (Å²) in [7, 11) is -0.419. The van der Waals surface area contributed by atoms with Gasteiger partial charge in [0.1, 0.15) is 0 Å². The van der Waals surface area contributed by atoms with Gasteiger partial charge in [0, 0.05) is 0 Å². The van der Waals surface area contributed by atoms with Crippen molar-refractivity contribution in [2.45, 2.75) is 83.0 Å². The van der Waals surface area contributed by atoms with Gasteiger partial charge >= 0.3 is 152 Å². The summed E-state index contributed by atoms with van der Waals surface area (Å²) < 4.78 is 2.39. The van der Waals surface area contributed by atoms with E-state index in [-0.39, 0.29) is 47.2 Å². The first-order chi connectivity index (χ1) is 9.95. The fourth-order valence-electron chi connectivity index (χ4n) is 2.87. The normalized spacial score (nSPS) is 16.5. The average molecular weight is 491 g/mol. The number of halogens is 3. The van der Waals surface area contributed by atoms with Crippen molar-refractivity contribution in [3.8, 4) is 0 Å². The van der Waals surface area contributed by atoms with Gasteiger partial charge in [0.2, 0.25) is 0 Å². The second-order valence-electron chi connectivity index (χ2n) is 7.32. The minimum Gasteiger partial charge on any atom is -1.00 e. The van der Waals surface area contributed by atoms with Crippen LogP contribution in [0, 0.1) is 0 Å².